The molecule has 3 rings (SSSR count). The summed E-state index contributed by atoms with van der Waals surface area (Å²) in [5.74, 6) is 0. The van der Waals surface area contributed by atoms with Crippen LogP contribution in [0.5, 0.6) is 0 Å². The molecule has 3 aromatic heterocycles. The van der Waals surface area contributed by atoms with Crippen molar-refractivity contribution in [2.24, 2.45) is 0 Å². The van der Waals surface area contributed by atoms with Gasteiger partial charge in [0.25, 0.3) is 0 Å². The number of ether oxygens (including phenoxy) is 1. The van der Waals surface area contributed by atoms with E-state index in [1.165, 1.54) is 15.0 Å². The van der Waals surface area contributed by atoms with Crippen molar-refractivity contribution < 1.29 is 4.74 Å². The Morgan fingerprint density at radius 1 is 1.13 bits per heavy atom. The summed E-state index contributed by atoms with van der Waals surface area (Å²) >= 11 is 3.47. The summed E-state index contributed by atoms with van der Waals surface area (Å²) in [7, 11) is 1.74. The molecule has 0 fully saturated rings. The van der Waals surface area contributed by atoms with E-state index < -0.39 is 0 Å². The van der Waals surface area contributed by atoms with E-state index in [1.54, 1.807) is 29.8 Å². The third kappa shape index (κ3) is 1.37. The Hall–Kier alpha value is -0.970. The van der Waals surface area contributed by atoms with Crippen LogP contribution in [0.3, 0.4) is 0 Å². The molecule has 0 saturated carbocycles. The van der Waals surface area contributed by atoms with Crippen LogP contribution in [0.1, 0.15) is 5.56 Å². The summed E-state index contributed by atoms with van der Waals surface area (Å²) in [6.07, 6.45) is 0. The van der Waals surface area contributed by atoms with E-state index in [0.29, 0.717) is 6.61 Å². The largest absolute Gasteiger partial charge is 0.380 e. The summed E-state index contributed by atoms with van der Waals surface area (Å²) < 4.78 is 7.78. The lowest BCUT2D eigenvalue weighted by Crippen LogP contribution is -1.89. The average molecular weight is 235 g/mol. The van der Waals surface area contributed by atoms with E-state index in [1.807, 2.05) is 0 Å². The van der Waals surface area contributed by atoms with Crippen molar-refractivity contribution in [2.75, 3.05) is 7.11 Å². The quantitative estimate of drug-likeness (QED) is 0.676. The molecule has 76 valence electrons. The van der Waals surface area contributed by atoms with Gasteiger partial charge in [-0.05, 0) is 22.9 Å². The third-order valence-corrected chi connectivity index (χ3v) is 4.29. The Labute approximate surface area is 95.1 Å². The van der Waals surface area contributed by atoms with Gasteiger partial charge in [0.05, 0.1) is 27.0 Å². The van der Waals surface area contributed by atoms with E-state index in [-0.39, 0.29) is 0 Å². The van der Waals surface area contributed by atoms with Crippen molar-refractivity contribution >= 4 is 43.1 Å². The zero-order chi connectivity index (χ0) is 10.3. The topological polar surface area (TPSA) is 22.1 Å². The highest BCUT2D eigenvalue weighted by Gasteiger charge is 2.10. The molecule has 0 aliphatic rings. The van der Waals surface area contributed by atoms with Gasteiger partial charge in [0, 0.05) is 12.7 Å². The Balaban J connectivity index is 2.45. The Morgan fingerprint density at radius 3 is 2.27 bits per heavy atom. The van der Waals surface area contributed by atoms with Crippen LogP contribution in [0, 0.1) is 0 Å². The fraction of sp³-hybridized carbons (Fsp3) is 0.182. The van der Waals surface area contributed by atoms with Gasteiger partial charge in [0.15, 0.2) is 0 Å². The predicted octanol–water partition coefficient (Wildman–Crippen LogP) is 3.66. The number of pyridine rings is 1. The summed E-state index contributed by atoms with van der Waals surface area (Å²) in [6.45, 7) is 0.663. The predicted molar refractivity (Wildman–Crippen MR) is 65.7 cm³/mol. The molecule has 0 unspecified atom stereocenters. The van der Waals surface area contributed by atoms with Gasteiger partial charge in [-0.1, -0.05) is 0 Å². The first-order valence-corrected chi connectivity index (χ1v) is 6.38. The van der Waals surface area contributed by atoms with Gasteiger partial charge in [-0.15, -0.1) is 22.7 Å². The lowest BCUT2D eigenvalue weighted by molar-refractivity contribution is 0.187. The first-order chi connectivity index (χ1) is 7.40. The zero-order valence-electron chi connectivity index (χ0n) is 8.19. The smallest absolute Gasteiger partial charge is 0.0821 e. The maximum absolute atomic E-state index is 5.27. The van der Waals surface area contributed by atoms with Crippen LogP contribution < -0.4 is 0 Å². The number of hydrogen-bond donors (Lipinski definition) is 0. The minimum absolute atomic E-state index is 0.663. The molecule has 0 aliphatic carbocycles. The average Bonchev–Trinajstić information content (AvgIpc) is 2.84. The molecule has 0 N–H and O–H groups in total. The SMILES string of the molecule is COCc1c2sccc2nc2ccsc12. The fourth-order valence-electron chi connectivity index (χ4n) is 1.74. The fourth-order valence-corrected chi connectivity index (χ4v) is 3.55. The van der Waals surface area contributed by atoms with Gasteiger partial charge >= 0.3 is 0 Å². The maximum Gasteiger partial charge on any atom is 0.0821 e. The van der Waals surface area contributed by atoms with Crippen molar-refractivity contribution in [3.8, 4) is 0 Å². The number of thiophene rings is 2. The molecule has 15 heavy (non-hydrogen) atoms. The lowest BCUT2D eigenvalue weighted by atomic mass is 10.2. The van der Waals surface area contributed by atoms with Crippen molar-refractivity contribution in [3.05, 3.63) is 28.5 Å². The number of aromatic nitrogens is 1. The van der Waals surface area contributed by atoms with Crippen molar-refractivity contribution in [2.45, 2.75) is 6.61 Å². The number of hydrogen-bond acceptors (Lipinski definition) is 4. The maximum atomic E-state index is 5.27. The minimum Gasteiger partial charge on any atom is -0.380 e. The number of fused-ring (bicyclic) bond motifs is 2. The van der Waals surface area contributed by atoms with Crippen LogP contribution in [0.25, 0.3) is 20.4 Å². The summed E-state index contributed by atoms with van der Waals surface area (Å²) in [5, 5.41) is 4.17. The highest BCUT2D eigenvalue weighted by molar-refractivity contribution is 7.19. The molecule has 0 aromatic carbocycles. The molecule has 4 heteroatoms. The number of methoxy groups -OCH3 is 1. The third-order valence-electron chi connectivity index (χ3n) is 2.37. The molecule has 0 spiro atoms. The van der Waals surface area contributed by atoms with Crippen LogP contribution >= 0.6 is 22.7 Å². The second-order valence-electron chi connectivity index (χ2n) is 3.29. The van der Waals surface area contributed by atoms with Crippen molar-refractivity contribution in [1.82, 2.24) is 4.98 Å². The zero-order valence-corrected chi connectivity index (χ0v) is 9.82. The van der Waals surface area contributed by atoms with Crippen LogP contribution in [-0.4, -0.2) is 12.1 Å². The first-order valence-electron chi connectivity index (χ1n) is 4.62. The van der Waals surface area contributed by atoms with Crippen LogP contribution in [0.2, 0.25) is 0 Å². The van der Waals surface area contributed by atoms with Crippen LogP contribution in [0.15, 0.2) is 22.9 Å². The van der Waals surface area contributed by atoms with E-state index >= 15 is 0 Å². The Morgan fingerprint density at radius 2 is 1.73 bits per heavy atom. The van der Waals surface area contributed by atoms with Gasteiger partial charge in [-0.25, -0.2) is 4.98 Å². The molecule has 0 atom stereocenters. The minimum atomic E-state index is 0.663. The van der Waals surface area contributed by atoms with Crippen LogP contribution in [0.4, 0.5) is 0 Å². The molecule has 0 amide bonds. The molecule has 0 aliphatic heterocycles. The summed E-state index contributed by atoms with van der Waals surface area (Å²) in [4.78, 5) is 4.61. The molecule has 0 bridgehead atoms. The van der Waals surface area contributed by atoms with Gasteiger partial charge in [0.1, 0.15) is 0 Å². The molecule has 3 heterocycles. The molecular weight excluding hydrogens is 226 g/mol. The second-order valence-corrected chi connectivity index (χ2v) is 5.13. The van der Waals surface area contributed by atoms with E-state index in [0.717, 1.165) is 11.0 Å². The van der Waals surface area contributed by atoms with E-state index in [2.05, 4.69) is 27.9 Å². The standard InChI is InChI=1S/C11H9NOS2/c1-13-6-7-10-8(2-4-14-10)12-9-3-5-15-11(7)9/h2-5H,6H2,1H3. The molecule has 0 saturated heterocycles. The van der Waals surface area contributed by atoms with Gasteiger partial charge in [-0.2, -0.15) is 0 Å². The first kappa shape index (κ1) is 9.27. The monoisotopic (exact) mass is 235 g/mol. The lowest BCUT2D eigenvalue weighted by Gasteiger charge is -2.03. The van der Waals surface area contributed by atoms with E-state index in [4.69, 9.17) is 4.74 Å². The van der Waals surface area contributed by atoms with E-state index in [9.17, 15) is 0 Å². The van der Waals surface area contributed by atoms with Gasteiger partial charge in [-0.3, -0.25) is 0 Å². The van der Waals surface area contributed by atoms with Gasteiger partial charge in [0.2, 0.25) is 0 Å². The van der Waals surface area contributed by atoms with Crippen molar-refractivity contribution in [1.29, 1.82) is 0 Å². The highest BCUT2D eigenvalue weighted by Crippen LogP contribution is 2.33. The van der Waals surface area contributed by atoms with Crippen LogP contribution in [-0.2, 0) is 11.3 Å². The highest BCUT2D eigenvalue weighted by atomic mass is 32.1. The summed E-state index contributed by atoms with van der Waals surface area (Å²) in [5.41, 5.74) is 3.44. The number of nitrogens with zero attached hydrogens (tertiary/aromatic N) is 1. The molecule has 0 radical (unpaired) electrons. The van der Waals surface area contributed by atoms with Gasteiger partial charge < -0.3 is 4.74 Å². The Kier molecular flexibility index (Phi) is 2.20. The summed E-state index contributed by atoms with van der Waals surface area (Å²) in [6, 6.07) is 4.13. The normalized spacial score (nSPS) is 11.5. The molecule has 3 aromatic rings. The molecule has 2 nitrogen and oxygen atoms in total. The van der Waals surface area contributed by atoms with Crippen molar-refractivity contribution in [3.63, 3.8) is 0 Å². The molecular formula is C11H9NOS2. The Bertz CT molecular complexity index is 562. The second kappa shape index (κ2) is 3.56. The number of rotatable bonds is 2.